The first-order valence-electron chi connectivity index (χ1n) is 6.26. The maximum absolute atomic E-state index is 11.3. The molecular formula is C13H17ClN3O+. The van der Waals surface area contributed by atoms with Crippen LogP contribution >= 0.6 is 11.6 Å². The van der Waals surface area contributed by atoms with Crippen LogP contribution in [0, 0.1) is 10.3 Å². The quantitative estimate of drug-likeness (QED) is 0.661. The molecule has 1 saturated heterocycles. The second-order valence-electron chi connectivity index (χ2n) is 5.53. The van der Waals surface area contributed by atoms with Gasteiger partial charge in [-0.2, -0.15) is 0 Å². The SMILES string of the molecule is C[N+](=O)c1cc(Cl)c(N2CCC3(CC3)C2)cc1N. The predicted octanol–water partition coefficient (Wildman–Crippen LogP) is 2.95. The highest BCUT2D eigenvalue weighted by Gasteiger charge is 2.48. The maximum Gasteiger partial charge on any atom is 0.279 e. The average Bonchev–Trinajstić information content (AvgIpc) is 2.92. The summed E-state index contributed by atoms with van der Waals surface area (Å²) in [5.41, 5.74) is 8.35. The van der Waals surface area contributed by atoms with Crippen molar-refractivity contribution in [2.24, 2.45) is 5.41 Å². The van der Waals surface area contributed by atoms with E-state index in [1.165, 1.54) is 26.3 Å². The normalized spacial score (nSPS) is 20.4. The van der Waals surface area contributed by atoms with Gasteiger partial charge in [-0.15, -0.1) is 0 Å². The van der Waals surface area contributed by atoms with Crippen LogP contribution in [0.5, 0.6) is 0 Å². The first-order chi connectivity index (χ1) is 8.51. The lowest BCUT2D eigenvalue weighted by atomic mass is 10.1. The summed E-state index contributed by atoms with van der Waals surface area (Å²) >= 11 is 6.28. The van der Waals surface area contributed by atoms with Gasteiger partial charge in [0, 0.05) is 28.8 Å². The minimum Gasteiger partial charge on any atom is -0.393 e. The fraction of sp³-hybridized carbons (Fsp3) is 0.538. The van der Waals surface area contributed by atoms with E-state index in [0.717, 1.165) is 23.5 Å². The van der Waals surface area contributed by atoms with Gasteiger partial charge in [-0.25, -0.2) is 0 Å². The minimum absolute atomic E-state index is 0.434. The largest absolute Gasteiger partial charge is 0.393 e. The number of benzene rings is 1. The number of nitrogens with zero attached hydrogens (tertiary/aromatic N) is 2. The Bertz CT molecular complexity index is 525. The molecule has 2 fully saturated rings. The fourth-order valence-electron chi connectivity index (χ4n) is 2.81. The molecule has 1 aliphatic carbocycles. The van der Waals surface area contributed by atoms with Crippen LogP contribution < -0.4 is 10.6 Å². The monoisotopic (exact) mass is 266 g/mol. The number of anilines is 2. The van der Waals surface area contributed by atoms with Gasteiger partial charge >= 0.3 is 0 Å². The van der Waals surface area contributed by atoms with Gasteiger partial charge in [0.1, 0.15) is 5.69 Å². The number of hydrogen-bond donors (Lipinski definition) is 1. The number of nitrogen functional groups attached to an aromatic ring is 1. The third-order valence-corrected chi connectivity index (χ3v) is 4.47. The number of nitroso groups, excluding NO2 is 1. The molecule has 0 amide bonds. The van der Waals surface area contributed by atoms with Crippen LogP contribution in [-0.2, 0) is 0 Å². The molecule has 2 N–H and O–H groups in total. The lowest BCUT2D eigenvalue weighted by molar-refractivity contribution is -0.427. The molecule has 1 heterocycles. The Morgan fingerprint density at radius 3 is 2.67 bits per heavy atom. The first kappa shape index (κ1) is 11.8. The van der Waals surface area contributed by atoms with Crippen LogP contribution in [0.15, 0.2) is 12.1 Å². The summed E-state index contributed by atoms with van der Waals surface area (Å²) in [6.45, 7) is 2.10. The van der Waals surface area contributed by atoms with Crippen LogP contribution in [0.25, 0.3) is 0 Å². The van der Waals surface area contributed by atoms with Crippen LogP contribution in [0.1, 0.15) is 19.3 Å². The van der Waals surface area contributed by atoms with E-state index in [9.17, 15) is 4.91 Å². The van der Waals surface area contributed by atoms with Gasteiger partial charge in [-0.05, 0) is 30.7 Å². The van der Waals surface area contributed by atoms with E-state index in [2.05, 4.69) is 4.90 Å². The molecule has 1 saturated carbocycles. The average molecular weight is 267 g/mol. The van der Waals surface area contributed by atoms with E-state index in [4.69, 9.17) is 17.3 Å². The van der Waals surface area contributed by atoms with Crippen molar-refractivity contribution < 1.29 is 4.76 Å². The summed E-state index contributed by atoms with van der Waals surface area (Å²) in [6, 6.07) is 3.49. The van der Waals surface area contributed by atoms with Gasteiger partial charge in [-0.1, -0.05) is 11.6 Å². The van der Waals surface area contributed by atoms with Crippen molar-refractivity contribution in [2.45, 2.75) is 19.3 Å². The van der Waals surface area contributed by atoms with Gasteiger partial charge in [0.15, 0.2) is 7.05 Å². The Hall–Kier alpha value is -1.29. The van der Waals surface area contributed by atoms with E-state index in [1.54, 1.807) is 6.07 Å². The Labute approximate surface area is 111 Å². The molecule has 1 aromatic carbocycles. The van der Waals surface area contributed by atoms with Gasteiger partial charge in [0.05, 0.1) is 10.7 Å². The van der Waals surface area contributed by atoms with Crippen molar-refractivity contribution in [3.05, 3.63) is 22.1 Å². The lowest BCUT2D eigenvalue weighted by Gasteiger charge is -2.20. The van der Waals surface area contributed by atoms with Crippen LogP contribution in [0.4, 0.5) is 17.1 Å². The van der Waals surface area contributed by atoms with E-state index < -0.39 is 0 Å². The highest BCUT2D eigenvalue weighted by atomic mass is 35.5. The number of halogens is 1. The molecule has 18 heavy (non-hydrogen) atoms. The molecule has 1 aromatic rings. The molecular weight excluding hydrogens is 250 g/mol. The zero-order valence-electron chi connectivity index (χ0n) is 10.4. The summed E-state index contributed by atoms with van der Waals surface area (Å²) in [7, 11) is 1.43. The Balaban J connectivity index is 1.93. The zero-order chi connectivity index (χ0) is 12.9. The van der Waals surface area contributed by atoms with E-state index in [-0.39, 0.29) is 0 Å². The van der Waals surface area contributed by atoms with Crippen molar-refractivity contribution in [1.29, 1.82) is 0 Å². The predicted molar refractivity (Wildman–Crippen MR) is 73.6 cm³/mol. The second-order valence-corrected chi connectivity index (χ2v) is 5.94. The summed E-state index contributed by atoms with van der Waals surface area (Å²) in [4.78, 5) is 13.6. The highest BCUT2D eigenvalue weighted by molar-refractivity contribution is 6.33. The third-order valence-electron chi connectivity index (χ3n) is 4.17. The van der Waals surface area contributed by atoms with E-state index >= 15 is 0 Å². The van der Waals surface area contributed by atoms with Crippen molar-refractivity contribution >= 4 is 28.7 Å². The highest BCUT2D eigenvalue weighted by Crippen LogP contribution is 2.54. The van der Waals surface area contributed by atoms with Gasteiger partial charge in [0.2, 0.25) is 0 Å². The number of hydrogen-bond acceptors (Lipinski definition) is 3. The maximum atomic E-state index is 11.3. The molecule has 96 valence electrons. The Kier molecular flexibility index (Phi) is 2.52. The third kappa shape index (κ3) is 1.85. The van der Waals surface area contributed by atoms with E-state index in [1.807, 2.05) is 6.07 Å². The fourth-order valence-corrected chi connectivity index (χ4v) is 3.09. The van der Waals surface area contributed by atoms with E-state index in [0.29, 0.717) is 21.8 Å². The van der Waals surface area contributed by atoms with Crippen molar-refractivity contribution in [2.75, 3.05) is 30.8 Å². The Morgan fingerprint density at radius 2 is 2.11 bits per heavy atom. The molecule has 0 aromatic heterocycles. The summed E-state index contributed by atoms with van der Waals surface area (Å²) in [6.07, 6.45) is 3.91. The van der Waals surface area contributed by atoms with Gasteiger partial charge in [-0.3, -0.25) is 0 Å². The molecule has 0 unspecified atom stereocenters. The van der Waals surface area contributed by atoms with Crippen molar-refractivity contribution in [3.63, 3.8) is 0 Å². The van der Waals surface area contributed by atoms with Crippen molar-refractivity contribution in [3.8, 4) is 0 Å². The Morgan fingerprint density at radius 1 is 1.39 bits per heavy atom. The summed E-state index contributed by atoms with van der Waals surface area (Å²) in [5.74, 6) is 0. The van der Waals surface area contributed by atoms with Gasteiger partial charge < -0.3 is 10.6 Å². The standard InChI is InChI=1S/C13H17ClN3O/c1-16(18)12-6-9(14)11(7-10(12)15)17-5-4-13(8-17)2-3-13/h6-7H,2-5,8,15H2,1H3/q+1. The topological polar surface area (TPSA) is 49.3 Å². The number of rotatable bonds is 2. The smallest absolute Gasteiger partial charge is 0.279 e. The summed E-state index contributed by atoms with van der Waals surface area (Å²) < 4.78 is 0.747. The molecule has 1 spiro atoms. The molecule has 1 aliphatic heterocycles. The van der Waals surface area contributed by atoms with Gasteiger partial charge in [0.25, 0.3) is 5.69 Å². The summed E-state index contributed by atoms with van der Waals surface area (Å²) in [5, 5.41) is 0.611. The van der Waals surface area contributed by atoms with Crippen LogP contribution in [0.2, 0.25) is 5.02 Å². The molecule has 0 radical (unpaired) electrons. The molecule has 0 atom stereocenters. The van der Waals surface area contributed by atoms with Crippen LogP contribution in [-0.4, -0.2) is 24.9 Å². The molecule has 4 nitrogen and oxygen atoms in total. The lowest BCUT2D eigenvalue weighted by Crippen LogP contribution is -2.20. The molecule has 5 heteroatoms. The zero-order valence-corrected chi connectivity index (χ0v) is 11.2. The van der Waals surface area contributed by atoms with Crippen LogP contribution in [0.3, 0.4) is 0 Å². The molecule has 0 bridgehead atoms. The molecule has 2 aliphatic rings. The first-order valence-corrected chi connectivity index (χ1v) is 6.63. The molecule has 3 rings (SSSR count). The second kappa shape index (κ2) is 3.85. The minimum atomic E-state index is 0.434. The number of nitrogens with two attached hydrogens (primary N) is 1. The van der Waals surface area contributed by atoms with Crippen molar-refractivity contribution in [1.82, 2.24) is 0 Å².